The van der Waals surface area contributed by atoms with E-state index in [4.69, 9.17) is 0 Å². The van der Waals surface area contributed by atoms with E-state index in [9.17, 15) is 5.02 Å². The van der Waals surface area contributed by atoms with Gasteiger partial charge in [-0.05, 0) is 55.1 Å². The second-order valence-corrected chi connectivity index (χ2v) is 14.1. The van der Waals surface area contributed by atoms with Crippen LogP contribution in [-0.4, -0.2) is 11.9 Å². The van der Waals surface area contributed by atoms with Crippen LogP contribution in [0.5, 0.6) is 0 Å². The summed E-state index contributed by atoms with van der Waals surface area (Å²) in [7, 11) is 0. The molecule has 6 heteroatoms. The van der Waals surface area contributed by atoms with Crippen molar-refractivity contribution >= 4 is 81.6 Å². The molecule has 0 atom stereocenters. The Labute approximate surface area is 237 Å². The van der Waals surface area contributed by atoms with Crippen molar-refractivity contribution in [2.24, 2.45) is 0 Å². The Morgan fingerprint density at radius 1 is 0.500 bits per heavy atom. The number of hydrogen-bond acceptors (Lipinski definition) is 1. The third kappa shape index (κ3) is 4.58. The quantitative estimate of drug-likeness (QED) is 0.207. The molecule has 0 radical (unpaired) electrons. The molecule has 0 aliphatic heterocycles. The van der Waals surface area contributed by atoms with Gasteiger partial charge >= 0.3 is 6.92 Å². The summed E-state index contributed by atoms with van der Waals surface area (Å²) in [5.74, 6) is 0. The molecule has 1 nitrogen and oxygen atoms in total. The van der Waals surface area contributed by atoms with E-state index >= 15 is 0 Å². The van der Waals surface area contributed by atoms with Gasteiger partial charge in [-0.3, -0.25) is 0 Å². The van der Waals surface area contributed by atoms with E-state index in [2.05, 4.69) is 154 Å². The molecule has 0 aromatic heterocycles. The maximum Gasteiger partial charge on any atom is 0.363 e. The van der Waals surface area contributed by atoms with Crippen LogP contribution in [0.25, 0.3) is 22.3 Å². The predicted molar refractivity (Wildman–Crippen MR) is 162 cm³/mol. The third-order valence-corrected chi connectivity index (χ3v) is 9.89. The van der Waals surface area contributed by atoms with E-state index in [1.165, 1.54) is 11.1 Å². The highest BCUT2D eigenvalue weighted by atomic mass is 79.9. The Morgan fingerprint density at radius 2 is 0.735 bits per heavy atom. The molecule has 0 saturated carbocycles. The molecule has 4 rings (SSSR count). The topological polar surface area (TPSA) is 20.2 Å². The van der Waals surface area contributed by atoms with Gasteiger partial charge in [-0.2, -0.15) is 0 Å². The molecule has 0 aromatic carbocycles. The monoisotopic (exact) mass is 706 g/mol. The minimum absolute atomic E-state index is 0.0614. The first-order valence-corrected chi connectivity index (χ1v) is 14.4. The van der Waals surface area contributed by atoms with Gasteiger partial charge in [0.25, 0.3) is 0 Å². The van der Waals surface area contributed by atoms with Gasteiger partial charge in [-0.25, -0.2) is 0 Å². The van der Waals surface area contributed by atoms with Crippen LogP contribution < -0.4 is 10.9 Å². The fourth-order valence-corrected chi connectivity index (χ4v) is 7.90. The van der Waals surface area contributed by atoms with E-state index in [1.54, 1.807) is 0 Å². The fraction of sp³-hybridized carbons (Fsp3) is 0.286. The van der Waals surface area contributed by atoms with Gasteiger partial charge < -0.3 is 5.02 Å². The molecule has 0 unspecified atom stereocenters. The molecule has 34 heavy (non-hydrogen) atoms. The highest BCUT2D eigenvalue weighted by molar-refractivity contribution is 9.11. The van der Waals surface area contributed by atoms with Crippen LogP contribution in [0.15, 0.2) is 66.4 Å². The van der Waals surface area contributed by atoms with Crippen molar-refractivity contribution in [2.45, 2.75) is 52.4 Å². The highest BCUT2D eigenvalue weighted by Gasteiger charge is 2.35. The van der Waals surface area contributed by atoms with Gasteiger partial charge in [0.15, 0.2) is 0 Å². The van der Waals surface area contributed by atoms with Gasteiger partial charge in [0.1, 0.15) is 0 Å². The zero-order valence-corrected chi connectivity index (χ0v) is 26.5. The number of rotatable bonds is 2. The number of hydrogen-bond donors (Lipinski definition) is 1. The Kier molecular flexibility index (Phi) is 7.25. The standard InChI is InChI=1S/C28H27BBr4O/c1-27(2,3)15-7-11-17-18(12-8-15)24(31)21(23(17)30)29(34)22-25(32)19-13-9-16(28(4,5)6)10-14-20(19)26(22)33/h7-14,34H,1-6H3. The summed E-state index contributed by atoms with van der Waals surface area (Å²) in [6.07, 6.45) is 0. The van der Waals surface area contributed by atoms with Gasteiger partial charge in [0.2, 0.25) is 0 Å². The lowest BCUT2D eigenvalue weighted by Gasteiger charge is -2.17. The molecule has 0 bridgehead atoms. The SMILES string of the molecule is CC(C)(C)c1ccc2c(Br)c(B(O)c3c(Br)c4ccc(C(C)(C)C)ccc-4c3Br)c(Br)c-2cc1. The smallest absolute Gasteiger partial charge is 0.363 e. The molecule has 4 aliphatic rings. The van der Waals surface area contributed by atoms with Crippen LogP contribution in [0.3, 0.4) is 0 Å². The summed E-state index contributed by atoms with van der Waals surface area (Å²) in [5.41, 5.74) is 8.59. The molecule has 0 fully saturated rings. The molecule has 0 heterocycles. The lowest BCUT2D eigenvalue weighted by atomic mass is 9.57. The van der Waals surface area contributed by atoms with Gasteiger partial charge in [-0.1, -0.05) is 154 Å². The predicted octanol–water partition coefficient (Wildman–Crippen LogP) is 8.64. The normalized spacial score (nSPS) is 12.6. The maximum atomic E-state index is 11.7. The average molecular weight is 710 g/mol. The van der Waals surface area contributed by atoms with Crippen LogP contribution in [-0.2, 0) is 10.8 Å². The molecular weight excluding hydrogens is 683 g/mol. The minimum Gasteiger partial charge on any atom is -0.443 e. The van der Waals surface area contributed by atoms with Crippen molar-refractivity contribution in [2.75, 3.05) is 0 Å². The first kappa shape index (κ1) is 26.4. The van der Waals surface area contributed by atoms with Gasteiger partial charge in [0, 0.05) is 17.9 Å². The number of fused-ring (bicyclic) bond motifs is 2. The zero-order valence-electron chi connectivity index (χ0n) is 20.2. The van der Waals surface area contributed by atoms with Crippen molar-refractivity contribution in [1.29, 1.82) is 0 Å². The highest BCUT2D eigenvalue weighted by Crippen LogP contribution is 2.41. The van der Waals surface area contributed by atoms with E-state index in [1.807, 2.05) is 0 Å². The lowest BCUT2D eigenvalue weighted by Crippen LogP contribution is -2.43. The molecule has 176 valence electrons. The van der Waals surface area contributed by atoms with Crippen LogP contribution in [0.2, 0.25) is 0 Å². The summed E-state index contributed by atoms with van der Waals surface area (Å²) in [4.78, 5) is 0. The van der Waals surface area contributed by atoms with Gasteiger partial charge in [0.05, 0.1) is 0 Å². The first-order chi connectivity index (χ1) is 15.7. The summed E-state index contributed by atoms with van der Waals surface area (Å²) in [5, 5.41) is 11.7. The number of halogens is 4. The second kappa shape index (κ2) is 9.34. The maximum absolute atomic E-state index is 11.7. The van der Waals surface area contributed by atoms with Gasteiger partial charge in [-0.15, -0.1) is 0 Å². The van der Waals surface area contributed by atoms with E-state index in [0.29, 0.717) is 0 Å². The van der Waals surface area contributed by atoms with Crippen LogP contribution in [0, 0.1) is 0 Å². The molecule has 1 N–H and O–H groups in total. The van der Waals surface area contributed by atoms with Crippen LogP contribution in [0.4, 0.5) is 0 Å². The zero-order chi connectivity index (χ0) is 25.2. The van der Waals surface area contributed by atoms with E-state index in [0.717, 1.165) is 51.1 Å². The van der Waals surface area contributed by atoms with Crippen molar-refractivity contribution in [3.05, 3.63) is 77.5 Å². The van der Waals surface area contributed by atoms with Crippen molar-refractivity contribution in [1.82, 2.24) is 0 Å². The van der Waals surface area contributed by atoms with Crippen molar-refractivity contribution < 1.29 is 5.02 Å². The Hall–Kier alpha value is -0.655. The molecule has 0 amide bonds. The molecule has 4 aliphatic carbocycles. The molecular formula is C28H27BBr4O. The fourth-order valence-electron chi connectivity index (χ4n) is 4.33. The molecule has 0 saturated heterocycles. The Balaban J connectivity index is 1.88. The van der Waals surface area contributed by atoms with E-state index in [-0.39, 0.29) is 10.8 Å². The average Bonchev–Trinajstić information content (AvgIpc) is 2.96. The summed E-state index contributed by atoms with van der Waals surface area (Å²) >= 11 is 15.2. The third-order valence-electron chi connectivity index (χ3n) is 6.47. The summed E-state index contributed by atoms with van der Waals surface area (Å²) in [6.45, 7) is 12.5. The minimum atomic E-state index is -0.827. The summed E-state index contributed by atoms with van der Waals surface area (Å²) in [6, 6.07) is 17.2. The second-order valence-electron chi connectivity index (χ2n) is 10.9. The Bertz CT molecular complexity index is 1150. The molecule has 0 aromatic rings. The molecule has 0 spiro atoms. The Morgan fingerprint density at radius 3 is 0.941 bits per heavy atom. The summed E-state index contributed by atoms with van der Waals surface area (Å²) < 4.78 is 3.62. The lowest BCUT2D eigenvalue weighted by molar-refractivity contribution is 0.590. The first-order valence-electron chi connectivity index (χ1n) is 11.2. The van der Waals surface area contributed by atoms with Crippen molar-refractivity contribution in [3.63, 3.8) is 0 Å². The van der Waals surface area contributed by atoms with E-state index < -0.39 is 6.92 Å². The van der Waals surface area contributed by atoms with Crippen LogP contribution >= 0.6 is 63.7 Å². The van der Waals surface area contributed by atoms with Crippen molar-refractivity contribution in [3.8, 4) is 22.3 Å². The van der Waals surface area contributed by atoms with Crippen LogP contribution in [0.1, 0.15) is 52.7 Å². The largest absolute Gasteiger partial charge is 0.443 e.